The lowest BCUT2D eigenvalue weighted by Gasteiger charge is -2.14. The topological polar surface area (TPSA) is 47.3 Å². The molecule has 1 heterocycles. The predicted octanol–water partition coefficient (Wildman–Crippen LogP) is 3.49. The lowest BCUT2D eigenvalue weighted by molar-refractivity contribution is 0.166. The van der Waals surface area contributed by atoms with E-state index in [9.17, 15) is 5.11 Å². The maximum absolute atomic E-state index is 9.98. The molecule has 1 aromatic heterocycles. The van der Waals surface area contributed by atoms with Crippen LogP contribution in [0.2, 0.25) is 0 Å². The molecule has 0 fully saturated rings. The molecule has 0 unspecified atom stereocenters. The molecule has 0 aliphatic heterocycles. The smallest absolute Gasteiger partial charge is 0.132 e. The molecule has 0 saturated carbocycles. The first-order valence-electron chi connectivity index (χ1n) is 7.05. The molecule has 0 radical (unpaired) electrons. The van der Waals surface area contributed by atoms with Crippen molar-refractivity contribution in [3.05, 3.63) is 47.8 Å². The lowest BCUT2D eigenvalue weighted by Crippen LogP contribution is -2.05. The Morgan fingerprint density at radius 1 is 1.25 bits per heavy atom. The van der Waals surface area contributed by atoms with Crippen LogP contribution < -0.4 is 4.74 Å². The van der Waals surface area contributed by atoms with Gasteiger partial charge in [0.1, 0.15) is 12.4 Å². The van der Waals surface area contributed by atoms with Crippen molar-refractivity contribution in [2.24, 2.45) is 0 Å². The molecule has 0 aliphatic rings. The van der Waals surface area contributed by atoms with Crippen LogP contribution in [-0.2, 0) is 6.61 Å². The molecule has 1 atom stereocenters. The van der Waals surface area contributed by atoms with E-state index in [0.717, 1.165) is 17.0 Å². The third-order valence-electron chi connectivity index (χ3n) is 3.23. The Bertz CT molecular complexity index is 549. The standard InChI is InChI=1S/C16H22N2O2/c1-4-15(19)14-7-5-6-8-16(14)20-11-13-9-10-18(17-13)12(2)3/h5-10,12,15,19H,4,11H2,1-3H3/t15-/m1/s1. The van der Waals surface area contributed by atoms with Crippen molar-refractivity contribution >= 4 is 0 Å². The molecule has 4 heteroatoms. The first kappa shape index (κ1) is 14.6. The summed E-state index contributed by atoms with van der Waals surface area (Å²) in [6.07, 6.45) is 2.14. The molecule has 0 amide bonds. The number of aliphatic hydroxyl groups is 1. The third-order valence-corrected chi connectivity index (χ3v) is 3.23. The van der Waals surface area contributed by atoms with E-state index >= 15 is 0 Å². The van der Waals surface area contributed by atoms with Gasteiger partial charge in [0.15, 0.2) is 0 Å². The van der Waals surface area contributed by atoms with Crippen molar-refractivity contribution in [2.75, 3.05) is 0 Å². The van der Waals surface area contributed by atoms with Crippen molar-refractivity contribution in [2.45, 2.75) is 45.9 Å². The zero-order valence-corrected chi connectivity index (χ0v) is 12.3. The van der Waals surface area contributed by atoms with E-state index in [1.165, 1.54) is 0 Å². The molecular weight excluding hydrogens is 252 g/mol. The first-order valence-corrected chi connectivity index (χ1v) is 7.05. The highest BCUT2D eigenvalue weighted by Crippen LogP contribution is 2.27. The number of hydrogen-bond acceptors (Lipinski definition) is 3. The summed E-state index contributed by atoms with van der Waals surface area (Å²) in [5.41, 5.74) is 1.72. The van der Waals surface area contributed by atoms with Gasteiger partial charge in [-0.3, -0.25) is 4.68 Å². The van der Waals surface area contributed by atoms with Crippen LogP contribution in [0.1, 0.15) is 50.6 Å². The quantitative estimate of drug-likeness (QED) is 0.877. The highest BCUT2D eigenvalue weighted by Gasteiger charge is 2.11. The first-order chi connectivity index (χ1) is 9.61. The van der Waals surface area contributed by atoms with Crippen LogP contribution in [0.4, 0.5) is 0 Å². The van der Waals surface area contributed by atoms with E-state index in [0.29, 0.717) is 19.1 Å². The molecule has 108 valence electrons. The Morgan fingerprint density at radius 2 is 2.00 bits per heavy atom. The molecule has 1 aromatic carbocycles. The number of aliphatic hydroxyl groups excluding tert-OH is 1. The summed E-state index contributed by atoms with van der Waals surface area (Å²) in [6.45, 7) is 6.54. The van der Waals surface area contributed by atoms with E-state index in [1.807, 2.05) is 48.1 Å². The molecule has 4 nitrogen and oxygen atoms in total. The van der Waals surface area contributed by atoms with Crippen molar-refractivity contribution < 1.29 is 9.84 Å². The number of ether oxygens (including phenoxy) is 1. The van der Waals surface area contributed by atoms with E-state index < -0.39 is 6.10 Å². The fraction of sp³-hybridized carbons (Fsp3) is 0.438. The van der Waals surface area contributed by atoms with Gasteiger partial charge in [0.2, 0.25) is 0 Å². The Kier molecular flexibility index (Phi) is 4.79. The molecule has 1 N–H and O–H groups in total. The monoisotopic (exact) mass is 274 g/mol. The molecule has 2 rings (SSSR count). The van der Waals surface area contributed by atoms with Gasteiger partial charge in [-0.2, -0.15) is 5.10 Å². The second-order valence-electron chi connectivity index (χ2n) is 5.13. The maximum atomic E-state index is 9.98. The van der Waals surface area contributed by atoms with Gasteiger partial charge in [0, 0.05) is 17.8 Å². The van der Waals surface area contributed by atoms with Crippen LogP contribution in [0, 0.1) is 0 Å². The van der Waals surface area contributed by atoms with Crippen LogP contribution in [-0.4, -0.2) is 14.9 Å². The summed E-state index contributed by atoms with van der Waals surface area (Å²) in [5, 5.41) is 14.4. The minimum absolute atomic E-state index is 0.345. The SMILES string of the molecule is CC[C@@H](O)c1ccccc1OCc1ccn(C(C)C)n1. The van der Waals surface area contributed by atoms with Crippen LogP contribution >= 0.6 is 0 Å². The Morgan fingerprint density at radius 3 is 2.65 bits per heavy atom. The largest absolute Gasteiger partial charge is 0.487 e. The molecular formula is C16H22N2O2. The van der Waals surface area contributed by atoms with Crippen LogP contribution in [0.15, 0.2) is 36.5 Å². The fourth-order valence-electron chi connectivity index (χ4n) is 2.00. The third kappa shape index (κ3) is 3.39. The van der Waals surface area contributed by atoms with E-state index in [-0.39, 0.29) is 0 Å². The molecule has 20 heavy (non-hydrogen) atoms. The number of aromatic nitrogens is 2. The van der Waals surface area contributed by atoms with Gasteiger partial charge in [0.05, 0.1) is 11.8 Å². The highest BCUT2D eigenvalue weighted by molar-refractivity contribution is 5.35. The van der Waals surface area contributed by atoms with Crippen LogP contribution in [0.25, 0.3) is 0 Å². The normalized spacial score (nSPS) is 12.7. The predicted molar refractivity (Wildman–Crippen MR) is 78.6 cm³/mol. The average molecular weight is 274 g/mol. The summed E-state index contributed by atoms with van der Waals surface area (Å²) >= 11 is 0. The lowest BCUT2D eigenvalue weighted by atomic mass is 10.1. The summed E-state index contributed by atoms with van der Waals surface area (Å²) in [7, 11) is 0. The van der Waals surface area contributed by atoms with E-state index in [4.69, 9.17) is 4.74 Å². The van der Waals surface area contributed by atoms with Gasteiger partial charge in [-0.1, -0.05) is 25.1 Å². The van der Waals surface area contributed by atoms with Gasteiger partial charge in [-0.25, -0.2) is 0 Å². The summed E-state index contributed by atoms with van der Waals surface area (Å²) in [5.74, 6) is 0.723. The van der Waals surface area contributed by atoms with Gasteiger partial charge in [0.25, 0.3) is 0 Å². The minimum atomic E-state index is -0.487. The summed E-state index contributed by atoms with van der Waals surface area (Å²) < 4.78 is 7.71. The highest BCUT2D eigenvalue weighted by atomic mass is 16.5. The zero-order valence-electron chi connectivity index (χ0n) is 12.3. The molecule has 0 bridgehead atoms. The molecule has 0 aliphatic carbocycles. The Balaban J connectivity index is 2.06. The number of para-hydroxylation sites is 1. The van der Waals surface area contributed by atoms with E-state index in [2.05, 4.69) is 18.9 Å². The number of nitrogens with zero attached hydrogens (tertiary/aromatic N) is 2. The summed E-state index contributed by atoms with van der Waals surface area (Å²) in [6, 6.07) is 9.91. The van der Waals surface area contributed by atoms with E-state index in [1.54, 1.807) is 0 Å². The average Bonchev–Trinajstić information content (AvgIpc) is 2.93. The van der Waals surface area contributed by atoms with Gasteiger partial charge < -0.3 is 9.84 Å². The van der Waals surface area contributed by atoms with Gasteiger partial charge in [-0.05, 0) is 32.4 Å². The van der Waals surface area contributed by atoms with Crippen molar-refractivity contribution in [1.29, 1.82) is 0 Å². The van der Waals surface area contributed by atoms with Crippen molar-refractivity contribution in [1.82, 2.24) is 9.78 Å². The zero-order chi connectivity index (χ0) is 14.5. The number of rotatable bonds is 6. The second kappa shape index (κ2) is 6.57. The Labute approximate surface area is 120 Å². The fourth-order valence-corrected chi connectivity index (χ4v) is 2.00. The molecule has 0 saturated heterocycles. The van der Waals surface area contributed by atoms with Crippen LogP contribution in [0.5, 0.6) is 5.75 Å². The number of benzene rings is 1. The van der Waals surface area contributed by atoms with Gasteiger partial charge in [-0.15, -0.1) is 0 Å². The van der Waals surface area contributed by atoms with Crippen molar-refractivity contribution in [3.63, 3.8) is 0 Å². The molecule has 0 spiro atoms. The Hall–Kier alpha value is -1.81. The maximum Gasteiger partial charge on any atom is 0.132 e. The van der Waals surface area contributed by atoms with Crippen molar-refractivity contribution in [3.8, 4) is 5.75 Å². The summed E-state index contributed by atoms with van der Waals surface area (Å²) in [4.78, 5) is 0. The van der Waals surface area contributed by atoms with Gasteiger partial charge >= 0.3 is 0 Å². The second-order valence-corrected chi connectivity index (χ2v) is 5.13. The number of hydrogen-bond donors (Lipinski definition) is 1. The minimum Gasteiger partial charge on any atom is -0.487 e. The van der Waals surface area contributed by atoms with Crippen LogP contribution in [0.3, 0.4) is 0 Å². The molecule has 2 aromatic rings.